The Balaban J connectivity index is 2.16. The molecule has 0 amide bonds. The first-order valence-electron chi connectivity index (χ1n) is 6.79. The first kappa shape index (κ1) is 16.1. The molecule has 7 heteroatoms. The molecule has 0 aliphatic rings. The van der Waals surface area contributed by atoms with Crippen LogP contribution >= 0.6 is 34.8 Å². The normalized spacial score (nSPS) is 12.5. The van der Waals surface area contributed by atoms with Crippen LogP contribution < -0.4 is 0 Å². The Labute approximate surface area is 147 Å². The van der Waals surface area contributed by atoms with Crippen LogP contribution in [0.5, 0.6) is 0 Å². The number of rotatable bonds is 4. The van der Waals surface area contributed by atoms with Gasteiger partial charge in [-0.05, 0) is 41.5 Å². The number of halogens is 3. The smallest absolute Gasteiger partial charge is 0.214 e. The van der Waals surface area contributed by atoms with E-state index in [-0.39, 0.29) is 11.5 Å². The van der Waals surface area contributed by atoms with Crippen LogP contribution in [0.1, 0.15) is 17.0 Å². The molecule has 3 aromatic rings. The minimum atomic E-state index is -0.452. The number of hydrogen-bond acceptors (Lipinski definition) is 2. The van der Waals surface area contributed by atoms with Gasteiger partial charge in [0.05, 0.1) is 16.0 Å². The van der Waals surface area contributed by atoms with Gasteiger partial charge in [0, 0.05) is 27.0 Å². The minimum Gasteiger partial charge on any atom is -0.361 e. The molecule has 1 heterocycles. The molecule has 0 spiro atoms. The van der Waals surface area contributed by atoms with Crippen molar-refractivity contribution in [3.05, 3.63) is 78.9 Å². The van der Waals surface area contributed by atoms with Crippen LogP contribution in [0.2, 0.25) is 15.1 Å². The van der Waals surface area contributed by atoms with Crippen LogP contribution in [0.3, 0.4) is 0 Å². The number of aromatic amines is 1. The highest BCUT2D eigenvalue weighted by atomic mass is 35.5. The zero-order valence-corrected chi connectivity index (χ0v) is 14.0. The molecule has 3 rings (SSSR count). The molecule has 1 atom stereocenters. The second-order valence-electron chi connectivity index (χ2n) is 5.18. The highest BCUT2D eigenvalue weighted by Crippen LogP contribution is 2.35. The molecule has 1 unspecified atom stereocenters. The molecule has 2 aromatic carbocycles. The Bertz CT molecular complexity index is 892. The fourth-order valence-corrected chi connectivity index (χ4v) is 3.14. The van der Waals surface area contributed by atoms with Gasteiger partial charge in [0.2, 0.25) is 6.54 Å². The summed E-state index contributed by atoms with van der Waals surface area (Å²) in [7, 11) is 0. The number of nitro groups is 1. The van der Waals surface area contributed by atoms with Gasteiger partial charge >= 0.3 is 0 Å². The van der Waals surface area contributed by atoms with Crippen molar-refractivity contribution in [1.82, 2.24) is 4.98 Å². The number of fused-ring (bicyclic) bond motifs is 1. The Hall–Kier alpha value is -1.75. The molecular formula is C16H11Cl3N2O2. The van der Waals surface area contributed by atoms with Crippen LogP contribution in [-0.4, -0.2) is 16.5 Å². The van der Waals surface area contributed by atoms with Gasteiger partial charge in [-0.1, -0.05) is 40.9 Å². The van der Waals surface area contributed by atoms with E-state index >= 15 is 0 Å². The van der Waals surface area contributed by atoms with Crippen molar-refractivity contribution in [3.63, 3.8) is 0 Å². The van der Waals surface area contributed by atoms with E-state index in [4.69, 9.17) is 34.8 Å². The van der Waals surface area contributed by atoms with Gasteiger partial charge in [-0.2, -0.15) is 0 Å². The van der Waals surface area contributed by atoms with Crippen LogP contribution in [-0.2, 0) is 0 Å². The summed E-state index contributed by atoms with van der Waals surface area (Å²) >= 11 is 18.1. The van der Waals surface area contributed by atoms with E-state index in [0.29, 0.717) is 15.1 Å². The molecule has 0 saturated heterocycles. The maximum Gasteiger partial charge on any atom is 0.214 e. The van der Waals surface area contributed by atoms with Crippen molar-refractivity contribution in [1.29, 1.82) is 0 Å². The predicted molar refractivity (Wildman–Crippen MR) is 93.5 cm³/mol. The molecule has 0 aliphatic heterocycles. The van der Waals surface area contributed by atoms with E-state index in [1.165, 1.54) is 0 Å². The van der Waals surface area contributed by atoms with Crippen molar-refractivity contribution in [2.24, 2.45) is 0 Å². The summed E-state index contributed by atoms with van der Waals surface area (Å²) in [4.78, 5) is 13.9. The monoisotopic (exact) mass is 368 g/mol. The van der Waals surface area contributed by atoms with Crippen LogP contribution in [0.15, 0.2) is 42.6 Å². The fraction of sp³-hybridized carbons (Fsp3) is 0.125. The second kappa shape index (κ2) is 6.40. The molecule has 1 aromatic heterocycles. The van der Waals surface area contributed by atoms with E-state index in [1.807, 2.05) is 6.07 Å². The highest BCUT2D eigenvalue weighted by Gasteiger charge is 2.24. The Morgan fingerprint density at radius 2 is 1.87 bits per heavy atom. The van der Waals surface area contributed by atoms with Crippen LogP contribution in [0.25, 0.3) is 10.9 Å². The maximum absolute atomic E-state index is 11.1. The minimum absolute atomic E-state index is 0.253. The lowest BCUT2D eigenvalue weighted by Gasteiger charge is -2.14. The number of benzene rings is 2. The van der Waals surface area contributed by atoms with Crippen molar-refractivity contribution < 1.29 is 4.92 Å². The lowest BCUT2D eigenvalue weighted by molar-refractivity contribution is -0.481. The van der Waals surface area contributed by atoms with Gasteiger partial charge < -0.3 is 4.98 Å². The SMILES string of the molecule is O=[N+]([O-])CC(c1ccc(Cl)c(Cl)c1)c1c[nH]c2ccc(Cl)cc12. The molecule has 1 N–H and O–H groups in total. The summed E-state index contributed by atoms with van der Waals surface area (Å²) in [6.07, 6.45) is 1.78. The number of nitrogens with zero attached hydrogens (tertiary/aromatic N) is 1. The van der Waals surface area contributed by atoms with Gasteiger partial charge in [-0.3, -0.25) is 10.1 Å². The number of hydrogen-bond donors (Lipinski definition) is 1. The molecular weight excluding hydrogens is 359 g/mol. The highest BCUT2D eigenvalue weighted by molar-refractivity contribution is 6.42. The number of aromatic nitrogens is 1. The third kappa shape index (κ3) is 3.29. The quantitative estimate of drug-likeness (QED) is 0.485. The van der Waals surface area contributed by atoms with Crippen LogP contribution in [0, 0.1) is 10.1 Å². The van der Waals surface area contributed by atoms with Gasteiger partial charge in [0.1, 0.15) is 0 Å². The number of H-pyrrole nitrogens is 1. The van der Waals surface area contributed by atoms with Crippen molar-refractivity contribution in [3.8, 4) is 0 Å². The van der Waals surface area contributed by atoms with Gasteiger partial charge in [0.25, 0.3) is 0 Å². The van der Waals surface area contributed by atoms with Gasteiger partial charge in [-0.15, -0.1) is 0 Å². The maximum atomic E-state index is 11.1. The molecule has 23 heavy (non-hydrogen) atoms. The fourth-order valence-electron chi connectivity index (χ4n) is 2.66. The zero-order valence-electron chi connectivity index (χ0n) is 11.7. The third-order valence-electron chi connectivity index (χ3n) is 3.73. The molecule has 0 radical (unpaired) electrons. The van der Waals surface area contributed by atoms with Crippen molar-refractivity contribution in [2.45, 2.75) is 5.92 Å². The van der Waals surface area contributed by atoms with E-state index < -0.39 is 5.92 Å². The summed E-state index contributed by atoms with van der Waals surface area (Å²) in [6.45, 7) is -0.253. The Morgan fingerprint density at radius 3 is 2.57 bits per heavy atom. The van der Waals surface area contributed by atoms with Crippen molar-refractivity contribution in [2.75, 3.05) is 6.54 Å². The summed E-state index contributed by atoms with van der Waals surface area (Å²) in [5, 5.41) is 13.4. The molecule has 0 fully saturated rings. The summed E-state index contributed by atoms with van der Waals surface area (Å²) in [6, 6.07) is 10.5. The second-order valence-corrected chi connectivity index (χ2v) is 6.43. The third-order valence-corrected chi connectivity index (χ3v) is 4.70. The standard InChI is InChI=1S/C16H11Cl3N2O2/c17-10-2-4-16-11(6-10)12(7-20-16)13(8-21(22)23)9-1-3-14(18)15(19)5-9/h1-7,13,20H,8H2. The zero-order chi connectivity index (χ0) is 16.6. The molecule has 4 nitrogen and oxygen atoms in total. The average Bonchev–Trinajstić information content (AvgIpc) is 2.90. The predicted octanol–water partition coefficient (Wildman–Crippen LogP) is 5.54. The lowest BCUT2D eigenvalue weighted by Crippen LogP contribution is -2.13. The van der Waals surface area contributed by atoms with Crippen molar-refractivity contribution >= 4 is 45.7 Å². The largest absolute Gasteiger partial charge is 0.361 e. The Morgan fingerprint density at radius 1 is 1.09 bits per heavy atom. The van der Waals surface area contributed by atoms with E-state index in [0.717, 1.165) is 22.0 Å². The molecule has 0 saturated carbocycles. The van der Waals surface area contributed by atoms with Crippen LogP contribution in [0.4, 0.5) is 0 Å². The first-order chi connectivity index (χ1) is 11.0. The van der Waals surface area contributed by atoms with E-state index in [9.17, 15) is 10.1 Å². The summed E-state index contributed by atoms with van der Waals surface area (Å²) < 4.78 is 0. The topological polar surface area (TPSA) is 58.9 Å². The molecule has 0 aliphatic carbocycles. The van der Waals surface area contributed by atoms with E-state index in [1.54, 1.807) is 36.5 Å². The van der Waals surface area contributed by atoms with Gasteiger partial charge in [0.15, 0.2) is 0 Å². The van der Waals surface area contributed by atoms with Gasteiger partial charge in [-0.25, -0.2) is 0 Å². The molecule has 118 valence electrons. The van der Waals surface area contributed by atoms with E-state index in [2.05, 4.69) is 4.98 Å². The lowest BCUT2D eigenvalue weighted by atomic mass is 9.91. The summed E-state index contributed by atoms with van der Waals surface area (Å²) in [5.41, 5.74) is 2.41. The summed E-state index contributed by atoms with van der Waals surface area (Å²) in [5.74, 6) is -0.452. The first-order valence-corrected chi connectivity index (χ1v) is 7.92. The number of nitrogens with one attached hydrogen (secondary N) is 1. The average molecular weight is 370 g/mol. The Kier molecular flexibility index (Phi) is 4.48. The molecule has 0 bridgehead atoms.